The van der Waals surface area contributed by atoms with Gasteiger partial charge in [-0.2, -0.15) is 13.2 Å². The molecule has 0 radical (unpaired) electrons. The summed E-state index contributed by atoms with van der Waals surface area (Å²) in [5.74, 6) is -4.08. The number of anilines is 2. The van der Waals surface area contributed by atoms with Crippen molar-refractivity contribution in [2.45, 2.75) is 19.6 Å². The van der Waals surface area contributed by atoms with Gasteiger partial charge in [0.15, 0.2) is 11.6 Å². The lowest BCUT2D eigenvalue weighted by Crippen LogP contribution is -2.23. The number of aromatic nitrogens is 3. The van der Waals surface area contributed by atoms with Crippen LogP contribution in [0.5, 0.6) is 0 Å². The number of aliphatic carboxylic acids is 1. The zero-order valence-corrected chi connectivity index (χ0v) is 17.4. The van der Waals surface area contributed by atoms with E-state index in [-0.39, 0.29) is 34.5 Å². The van der Waals surface area contributed by atoms with Crippen molar-refractivity contribution < 1.29 is 36.6 Å². The maximum atomic E-state index is 13.3. The molecule has 1 aromatic carbocycles. The van der Waals surface area contributed by atoms with Gasteiger partial charge in [-0.15, -0.1) is 0 Å². The minimum absolute atomic E-state index is 0.166. The van der Waals surface area contributed by atoms with E-state index in [1.165, 1.54) is 18.3 Å². The highest BCUT2D eigenvalue weighted by Crippen LogP contribution is 2.25. The first kappa shape index (κ1) is 25.5. The van der Waals surface area contributed by atoms with Crippen molar-refractivity contribution >= 4 is 35.0 Å². The molecule has 2 aromatic heterocycles. The van der Waals surface area contributed by atoms with Gasteiger partial charge in [0, 0.05) is 18.0 Å². The van der Waals surface area contributed by atoms with Crippen molar-refractivity contribution in [3.63, 3.8) is 0 Å². The number of carboxylic acid groups (broad SMARTS) is 1. The summed E-state index contributed by atoms with van der Waals surface area (Å²) in [7, 11) is 0. The first-order valence-corrected chi connectivity index (χ1v) is 9.21. The van der Waals surface area contributed by atoms with Crippen LogP contribution >= 0.6 is 11.6 Å². The molecular formula is C19H15ClF5N5O3. The molecule has 0 aliphatic heterocycles. The first-order valence-electron chi connectivity index (χ1n) is 8.83. The molecule has 0 saturated carbocycles. The number of carbonyl (C=O) groups is 2. The van der Waals surface area contributed by atoms with E-state index in [2.05, 4.69) is 25.6 Å². The standard InChI is InChI=1S/C17H14ClF2N5O.C2HF3O2/c1-9-21-7-12(24-9)8-23-17(26)10-4-13(18)16(22-6-10)25-11-2-3-14(19)15(20)5-11;3-2(4,5)1(6)7/h2-7H,8H2,1H3,(H,21,24)(H,22,25)(H,23,26);(H,6,7). The number of alkyl halides is 3. The van der Waals surface area contributed by atoms with E-state index < -0.39 is 23.8 Å². The third-order valence-electron chi connectivity index (χ3n) is 3.72. The number of pyridine rings is 1. The molecule has 3 aromatic rings. The molecule has 0 saturated heterocycles. The van der Waals surface area contributed by atoms with Crippen molar-refractivity contribution in [1.82, 2.24) is 20.3 Å². The first-order chi connectivity index (χ1) is 15.4. The van der Waals surface area contributed by atoms with Crippen molar-refractivity contribution in [2.75, 3.05) is 5.32 Å². The second-order valence-corrected chi connectivity index (χ2v) is 6.69. The van der Waals surface area contributed by atoms with Gasteiger partial charge in [-0.05, 0) is 25.1 Å². The lowest BCUT2D eigenvalue weighted by Gasteiger charge is -2.09. The highest BCUT2D eigenvalue weighted by Gasteiger charge is 2.38. The molecule has 0 spiro atoms. The number of H-pyrrole nitrogens is 1. The number of aryl methyl sites for hydroxylation is 1. The monoisotopic (exact) mass is 491 g/mol. The molecule has 176 valence electrons. The van der Waals surface area contributed by atoms with Gasteiger partial charge in [-0.25, -0.2) is 23.5 Å². The van der Waals surface area contributed by atoms with E-state index in [9.17, 15) is 26.7 Å². The van der Waals surface area contributed by atoms with Crippen molar-refractivity contribution in [3.05, 3.63) is 70.4 Å². The molecule has 0 atom stereocenters. The number of carboxylic acids is 1. The molecular weight excluding hydrogens is 477 g/mol. The van der Waals surface area contributed by atoms with Crippen LogP contribution in [0.25, 0.3) is 0 Å². The minimum atomic E-state index is -5.08. The van der Waals surface area contributed by atoms with Gasteiger partial charge in [-0.1, -0.05) is 11.6 Å². The molecule has 1 amide bonds. The third-order valence-corrected chi connectivity index (χ3v) is 4.01. The van der Waals surface area contributed by atoms with E-state index in [0.29, 0.717) is 0 Å². The number of rotatable bonds is 5. The Bertz CT molecular complexity index is 1150. The Hall–Kier alpha value is -3.74. The predicted octanol–water partition coefficient (Wildman–Crippen LogP) is 4.35. The highest BCUT2D eigenvalue weighted by atomic mass is 35.5. The number of nitrogens with one attached hydrogen (secondary N) is 3. The Morgan fingerprint density at radius 2 is 1.79 bits per heavy atom. The van der Waals surface area contributed by atoms with E-state index in [0.717, 1.165) is 23.7 Å². The molecule has 0 bridgehead atoms. The molecule has 3 rings (SSSR count). The lowest BCUT2D eigenvalue weighted by atomic mass is 10.2. The lowest BCUT2D eigenvalue weighted by molar-refractivity contribution is -0.192. The summed E-state index contributed by atoms with van der Waals surface area (Å²) in [5, 5.41) is 12.8. The summed E-state index contributed by atoms with van der Waals surface area (Å²) < 4.78 is 57.9. The number of benzene rings is 1. The summed E-state index contributed by atoms with van der Waals surface area (Å²) in [4.78, 5) is 32.2. The van der Waals surface area contributed by atoms with Crippen molar-refractivity contribution in [2.24, 2.45) is 0 Å². The smallest absolute Gasteiger partial charge is 0.475 e. The van der Waals surface area contributed by atoms with Crippen LogP contribution in [0.1, 0.15) is 21.9 Å². The van der Waals surface area contributed by atoms with Crippen LogP contribution in [0.3, 0.4) is 0 Å². The zero-order chi connectivity index (χ0) is 24.8. The summed E-state index contributed by atoms with van der Waals surface area (Å²) in [6.45, 7) is 2.10. The highest BCUT2D eigenvalue weighted by molar-refractivity contribution is 6.33. The van der Waals surface area contributed by atoms with Gasteiger partial charge in [0.1, 0.15) is 11.6 Å². The van der Waals surface area contributed by atoms with Crippen LogP contribution in [-0.2, 0) is 11.3 Å². The minimum Gasteiger partial charge on any atom is -0.475 e. The predicted molar refractivity (Wildman–Crippen MR) is 107 cm³/mol. The zero-order valence-electron chi connectivity index (χ0n) is 16.6. The van der Waals surface area contributed by atoms with Crippen LogP contribution in [0.2, 0.25) is 5.02 Å². The number of hydrogen-bond acceptors (Lipinski definition) is 5. The number of carbonyl (C=O) groups excluding carboxylic acids is 1. The van der Waals surface area contributed by atoms with Gasteiger partial charge in [0.05, 0.1) is 29.0 Å². The number of imidazole rings is 1. The molecule has 0 aliphatic carbocycles. The molecule has 0 aliphatic rings. The average molecular weight is 492 g/mol. The number of halogens is 6. The second-order valence-electron chi connectivity index (χ2n) is 6.29. The quantitative estimate of drug-likeness (QED) is 0.394. The second kappa shape index (κ2) is 10.7. The molecule has 0 fully saturated rings. The van der Waals surface area contributed by atoms with Gasteiger partial charge in [-0.3, -0.25) is 4.79 Å². The largest absolute Gasteiger partial charge is 0.490 e. The number of amides is 1. The Labute approximate surface area is 187 Å². The van der Waals surface area contributed by atoms with Crippen LogP contribution < -0.4 is 10.6 Å². The topological polar surface area (TPSA) is 120 Å². The van der Waals surface area contributed by atoms with Crippen molar-refractivity contribution in [1.29, 1.82) is 0 Å². The van der Waals surface area contributed by atoms with Crippen LogP contribution in [0.15, 0.2) is 36.7 Å². The SMILES string of the molecule is Cc1ncc(CNC(=O)c2cnc(Nc3ccc(F)c(F)c3)c(Cl)c2)[nH]1.O=C(O)C(F)(F)F. The van der Waals surface area contributed by atoms with E-state index in [4.69, 9.17) is 21.5 Å². The Balaban J connectivity index is 0.000000479. The Morgan fingerprint density at radius 1 is 1.12 bits per heavy atom. The van der Waals surface area contributed by atoms with E-state index in [1.54, 1.807) is 6.20 Å². The Kier molecular flexibility index (Phi) is 8.29. The summed E-state index contributed by atoms with van der Waals surface area (Å²) in [6.07, 6.45) is -2.11. The van der Waals surface area contributed by atoms with Crippen LogP contribution in [-0.4, -0.2) is 38.1 Å². The van der Waals surface area contributed by atoms with Gasteiger partial charge in [0.2, 0.25) is 0 Å². The van der Waals surface area contributed by atoms with Crippen LogP contribution in [0, 0.1) is 18.6 Å². The molecule has 8 nitrogen and oxygen atoms in total. The normalized spacial score (nSPS) is 10.8. The number of aromatic amines is 1. The van der Waals surface area contributed by atoms with Gasteiger partial charge >= 0.3 is 12.1 Å². The maximum Gasteiger partial charge on any atom is 0.490 e. The molecule has 0 unspecified atom stereocenters. The van der Waals surface area contributed by atoms with Gasteiger partial charge in [0.25, 0.3) is 5.91 Å². The average Bonchev–Trinajstić information content (AvgIpc) is 3.15. The Morgan fingerprint density at radius 3 is 2.30 bits per heavy atom. The maximum absolute atomic E-state index is 13.3. The fourth-order valence-corrected chi connectivity index (χ4v) is 2.42. The number of nitrogens with zero attached hydrogens (tertiary/aromatic N) is 2. The molecule has 33 heavy (non-hydrogen) atoms. The van der Waals surface area contributed by atoms with E-state index in [1.807, 2.05) is 6.92 Å². The molecule has 14 heteroatoms. The number of hydrogen-bond donors (Lipinski definition) is 4. The molecule has 2 heterocycles. The third kappa shape index (κ3) is 7.71. The fraction of sp³-hybridized carbons (Fsp3) is 0.158. The van der Waals surface area contributed by atoms with Gasteiger partial charge < -0.3 is 20.7 Å². The summed E-state index contributed by atoms with van der Waals surface area (Å²) in [6, 6.07) is 4.76. The molecule has 4 N–H and O–H groups in total. The fourth-order valence-electron chi connectivity index (χ4n) is 2.20. The summed E-state index contributed by atoms with van der Waals surface area (Å²) >= 11 is 6.13. The summed E-state index contributed by atoms with van der Waals surface area (Å²) in [5.41, 5.74) is 1.32. The van der Waals surface area contributed by atoms with Crippen LogP contribution in [0.4, 0.5) is 33.5 Å². The van der Waals surface area contributed by atoms with E-state index >= 15 is 0 Å². The van der Waals surface area contributed by atoms with Crippen molar-refractivity contribution in [3.8, 4) is 0 Å².